The van der Waals surface area contributed by atoms with Crippen LogP contribution in [0.5, 0.6) is 5.75 Å². The highest BCUT2D eigenvalue weighted by Gasteiger charge is 2.20. The molecule has 0 atom stereocenters. The molecule has 0 unspecified atom stereocenters. The zero-order valence-corrected chi connectivity index (χ0v) is 12.5. The Hall–Kier alpha value is -2.21. The van der Waals surface area contributed by atoms with Gasteiger partial charge in [0, 0.05) is 44.4 Å². The Labute approximate surface area is 132 Å². The molecular formula is C17H17F3N2O. The van der Waals surface area contributed by atoms with Gasteiger partial charge in [-0.15, -0.1) is 0 Å². The molecule has 0 saturated carbocycles. The molecule has 0 amide bonds. The van der Waals surface area contributed by atoms with Crippen LogP contribution in [0.15, 0.2) is 36.4 Å². The fourth-order valence-electron chi connectivity index (χ4n) is 2.81. The van der Waals surface area contributed by atoms with Crippen LogP contribution in [-0.4, -0.2) is 36.2 Å². The molecule has 0 radical (unpaired) electrons. The lowest BCUT2D eigenvalue weighted by Crippen LogP contribution is -2.46. The third kappa shape index (κ3) is 3.59. The van der Waals surface area contributed by atoms with Gasteiger partial charge in [0.2, 0.25) is 0 Å². The van der Waals surface area contributed by atoms with Crippen molar-refractivity contribution in [2.75, 3.05) is 31.1 Å². The maximum Gasteiger partial charge on any atom is 0.149 e. The minimum absolute atomic E-state index is 0.0680. The lowest BCUT2D eigenvalue weighted by atomic mass is 10.1. The molecule has 0 aromatic heterocycles. The van der Waals surface area contributed by atoms with Crippen molar-refractivity contribution in [3.63, 3.8) is 0 Å². The van der Waals surface area contributed by atoms with Crippen LogP contribution in [0.1, 0.15) is 5.56 Å². The predicted octanol–water partition coefficient (Wildman–Crippen LogP) is 3.13. The highest BCUT2D eigenvalue weighted by molar-refractivity contribution is 5.48. The van der Waals surface area contributed by atoms with E-state index in [1.165, 1.54) is 30.3 Å². The van der Waals surface area contributed by atoms with Gasteiger partial charge in [0.25, 0.3) is 0 Å². The summed E-state index contributed by atoms with van der Waals surface area (Å²) in [5, 5.41) is 9.77. The molecular weight excluding hydrogens is 305 g/mol. The molecule has 2 aromatic rings. The maximum absolute atomic E-state index is 13.8. The number of phenolic OH excluding ortho intramolecular Hbond substituents is 1. The van der Waals surface area contributed by atoms with Crippen LogP contribution >= 0.6 is 0 Å². The van der Waals surface area contributed by atoms with Crippen LogP contribution in [-0.2, 0) is 6.54 Å². The first kappa shape index (κ1) is 15.7. The van der Waals surface area contributed by atoms with Crippen LogP contribution in [0, 0.1) is 17.5 Å². The van der Waals surface area contributed by atoms with Gasteiger partial charge in [-0.25, -0.2) is 13.2 Å². The van der Waals surface area contributed by atoms with Gasteiger partial charge < -0.3 is 10.0 Å². The quantitative estimate of drug-likeness (QED) is 0.940. The van der Waals surface area contributed by atoms with E-state index in [0.717, 1.165) is 6.07 Å². The zero-order chi connectivity index (χ0) is 16.4. The minimum atomic E-state index is -0.591. The lowest BCUT2D eigenvalue weighted by Gasteiger charge is -2.36. The third-order valence-electron chi connectivity index (χ3n) is 4.06. The molecule has 1 N–H and O–H groups in total. The van der Waals surface area contributed by atoms with Gasteiger partial charge in [-0.3, -0.25) is 4.90 Å². The molecule has 3 rings (SSSR count). The molecule has 0 bridgehead atoms. The van der Waals surface area contributed by atoms with E-state index >= 15 is 0 Å². The average Bonchev–Trinajstić information content (AvgIpc) is 2.52. The smallest absolute Gasteiger partial charge is 0.149 e. The summed E-state index contributed by atoms with van der Waals surface area (Å²) in [6.07, 6.45) is 0. The number of aromatic hydroxyl groups is 1. The second kappa shape index (κ2) is 6.50. The number of hydrogen-bond acceptors (Lipinski definition) is 3. The number of nitrogens with zero attached hydrogens (tertiary/aromatic N) is 2. The van der Waals surface area contributed by atoms with Crippen molar-refractivity contribution in [3.05, 3.63) is 59.4 Å². The molecule has 1 aliphatic rings. The summed E-state index contributed by atoms with van der Waals surface area (Å²) in [6.45, 7) is 2.89. The molecule has 122 valence electrons. The summed E-state index contributed by atoms with van der Waals surface area (Å²) in [5.74, 6) is -1.48. The van der Waals surface area contributed by atoms with Crippen molar-refractivity contribution in [2.24, 2.45) is 0 Å². The predicted molar refractivity (Wildman–Crippen MR) is 81.9 cm³/mol. The second-order valence-electron chi connectivity index (χ2n) is 5.63. The van der Waals surface area contributed by atoms with E-state index in [9.17, 15) is 18.3 Å². The largest absolute Gasteiger partial charge is 0.508 e. The summed E-state index contributed by atoms with van der Waals surface area (Å²) < 4.78 is 40.0. The van der Waals surface area contributed by atoms with Crippen molar-refractivity contribution in [2.45, 2.75) is 6.54 Å². The van der Waals surface area contributed by atoms with Gasteiger partial charge in [0.1, 0.15) is 23.2 Å². The van der Waals surface area contributed by atoms with Crippen molar-refractivity contribution in [3.8, 4) is 5.75 Å². The van der Waals surface area contributed by atoms with Crippen LogP contribution in [0.4, 0.5) is 18.9 Å². The number of halogens is 3. The normalized spacial score (nSPS) is 15.9. The number of benzene rings is 2. The van der Waals surface area contributed by atoms with Gasteiger partial charge >= 0.3 is 0 Å². The summed E-state index contributed by atoms with van der Waals surface area (Å²) >= 11 is 0. The fraction of sp³-hybridized carbons (Fsp3) is 0.294. The Balaban J connectivity index is 1.63. The van der Waals surface area contributed by atoms with Crippen LogP contribution in [0.2, 0.25) is 0 Å². The Morgan fingerprint density at radius 2 is 1.52 bits per heavy atom. The van der Waals surface area contributed by atoms with Gasteiger partial charge in [-0.05, 0) is 30.3 Å². The fourth-order valence-corrected chi connectivity index (χ4v) is 2.81. The maximum atomic E-state index is 13.8. The van der Waals surface area contributed by atoms with Crippen LogP contribution in [0.25, 0.3) is 0 Å². The summed E-state index contributed by atoms with van der Waals surface area (Å²) in [7, 11) is 0. The molecule has 1 heterocycles. The number of anilines is 1. The van der Waals surface area contributed by atoms with E-state index < -0.39 is 11.6 Å². The molecule has 2 aromatic carbocycles. The Morgan fingerprint density at radius 1 is 0.870 bits per heavy atom. The molecule has 0 spiro atoms. The molecule has 6 heteroatoms. The van der Waals surface area contributed by atoms with E-state index in [0.29, 0.717) is 44.0 Å². The first-order valence-electron chi connectivity index (χ1n) is 7.42. The first-order valence-corrected chi connectivity index (χ1v) is 7.42. The monoisotopic (exact) mass is 322 g/mol. The number of rotatable bonds is 3. The first-order chi connectivity index (χ1) is 11.0. The van der Waals surface area contributed by atoms with E-state index in [-0.39, 0.29) is 11.6 Å². The molecule has 0 aliphatic carbocycles. The summed E-state index contributed by atoms with van der Waals surface area (Å²) in [5.41, 5.74) is 0.922. The zero-order valence-electron chi connectivity index (χ0n) is 12.5. The van der Waals surface area contributed by atoms with Crippen LogP contribution in [0.3, 0.4) is 0 Å². The van der Waals surface area contributed by atoms with Crippen molar-refractivity contribution in [1.82, 2.24) is 4.90 Å². The lowest BCUT2D eigenvalue weighted by molar-refractivity contribution is 0.245. The van der Waals surface area contributed by atoms with Gasteiger partial charge in [-0.1, -0.05) is 0 Å². The summed E-state index contributed by atoms with van der Waals surface area (Å²) in [4.78, 5) is 3.92. The number of hydrogen-bond donors (Lipinski definition) is 1. The minimum Gasteiger partial charge on any atom is -0.508 e. The van der Waals surface area contributed by atoms with Gasteiger partial charge in [-0.2, -0.15) is 0 Å². The molecule has 1 fully saturated rings. The second-order valence-corrected chi connectivity index (χ2v) is 5.63. The SMILES string of the molecule is Oc1ccc(F)cc1CN1CCN(c2ccc(F)cc2F)CC1. The molecule has 23 heavy (non-hydrogen) atoms. The molecule has 3 nitrogen and oxygen atoms in total. The topological polar surface area (TPSA) is 26.7 Å². The van der Waals surface area contributed by atoms with Gasteiger partial charge in [0.05, 0.1) is 5.69 Å². The van der Waals surface area contributed by atoms with Crippen molar-refractivity contribution in [1.29, 1.82) is 0 Å². The summed E-state index contributed by atoms with van der Waals surface area (Å²) in [6, 6.07) is 7.45. The van der Waals surface area contributed by atoms with E-state index in [2.05, 4.69) is 4.90 Å². The molecule has 1 saturated heterocycles. The third-order valence-corrected chi connectivity index (χ3v) is 4.06. The molecule has 1 aliphatic heterocycles. The number of piperazine rings is 1. The van der Waals surface area contributed by atoms with E-state index in [4.69, 9.17) is 0 Å². The number of phenols is 1. The van der Waals surface area contributed by atoms with Crippen molar-refractivity contribution >= 4 is 5.69 Å². The Kier molecular flexibility index (Phi) is 4.43. The van der Waals surface area contributed by atoms with Crippen molar-refractivity contribution < 1.29 is 18.3 Å². The Morgan fingerprint density at radius 3 is 2.22 bits per heavy atom. The highest BCUT2D eigenvalue weighted by atomic mass is 19.1. The Bertz CT molecular complexity index is 700. The van der Waals surface area contributed by atoms with E-state index in [1.807, 2.05) is 4.90 Å². The average molecular weight is 322 g/mol. The van der Waals surface area contributed by atoms with E-state index in [1.54, 1.807) is 0 Å². The highest BCUT2D eigenvalue weighted by Crippen LogP contribution is 2.24. The standard InChI is InChI=1S/C17H17F3N2O/c18-13-2-4-17(23)12(9-13)11-21-5-7-22(8-6-21)16-3-1-14(19)10-15(16)20/h1-4,9-10,23H,5-8,11H2. The van der Waals surface area contributed by atoms with Crippen LogP contribution < -0.4 is 4.90 Å². The van der Waals surface area contributed by atoms with Gasteiger partial charge in [0.15, 0.2) is 0 Å².